The van der Waals surface area contributed by atoms with Gasteiger partial charge in [-0.05, 0) is 30.3 Å². The smallest absolute Gasteiger partial charge is 0.406 e. The summed E-state index contributed by atoms with van der Waals surface area (Å²) < 4.78 is 39.8. The molecule has 0 saturated heterocycles. The molecule has 0 bridgehead atoms. The fourth-order valence-corrected chi connectivity index (χ4v) is 1.49. The average molecular weight is 299 g/mol. The molecule has 0 saturated carbocycles. The van der Waals surface area contributed by atoms with Gasteiger partial charge < -0.3 is 10.5 Å². The van der Waals surface area contributed by atoms with Crippen LogP contribution in [0.3, 0.4) is 0 Å². The van der Waals surface area contributed by atoms with Gasteiger partial charge in [-0.15, -0.1) is 13.2 Å². The van der Waals surface area contributed by atoms with Crippen LogP contribution < -0.4 is 10.5 Å². The summed E-state index contributed by atoms with van der Waals surface area (Å²) in [4.78, 5) is 7.97. The molecule has 0 amide bonds. The lowest BCUT2D eigenvalue weighted by Crippen LogP contribution is -2.16. The molecule has 0 unspecified atom stereocenters. The van der Waals surface area contributed by atoms with Crippen molar-refractivity contribution in [2.75, 3.05) is 0 Å². The topological polar surface area (TPSA) is 61.0 Å². The molecule has 1 heterocycles. The zero-order chi connectivity index (χ0) is 15.9. The van der Waals surface area contributed by atoms with Gasteiger partial charge in [-0.3, -0.25) is 0 Å². The number of benzene rings is 1. The Hall–Kier alpha value is -2.15. The monoisotopic (exact) mass is 299 g/mol. The number of aromatic nitrogens is 2. The predicted molar refractivity (Wildman–Crippen MR) is 73.4 cm³/mol. The highest BCUT2D eigenvalue weighted by Crippen LogP contribution is 2.25. The molecule has 7 heteroatoms. The highest BCUT2D eigenvalue weighted by molar-refractivity contribution is 5.60. The Morgan fingerprint density at radius 1 is 1.10 bits per heavy atom. The lowest BCUT2D eigenvalue weighted by atomic mass is 10.1. The average Bonchev–Trinajstić information content (AvgIpc) is 2.48. The Morgan fingerprint density at radius 3 is 2.24 bits per heavy atom. The van der Waals surface area contributed by atoms with Gasteiger partial charge in [0.15, 0.2) is 0 Å². The molecule has 0 aliphatic rings. The van der Waals surface area contributed by atoms with E-state index >= 15 is 0 Å². The summed E-state index contributed by atoms with van der Waals surface area (Å²) in [7, 11) is 0. The van der Waals surface area contributed by atoms with E-state index in [0.717, 1.165) is 0 Å². The molecule has 1 aromatic carbocycles. The standard InChI is InChI=1S/C12H10F3N3O.C2H6/c13-12(14,15)19-10-3-1-8(2-4-10)11-5-9(6-16)17-7-18-11;1-2/h1-5,7H,6,16H2;1-2H3. The van der Waals surface area contributed by atoms with Crippen molar-refractivity contribution in [2.45, 2.75) is 26.8 Å². The molecular formula is C14H16F3N3O. The van der Waals surface area contributed by atoms with Crippen molar-refractivity contribution in [3.63, 3.8) is 0 Å². The SMILES string of the molecule is CC.NCc1cc(-c2ccc(OC(F)(F)F)cc2)ncn1. The second-order valence-electron chi connectivity index (χ2n) is 3.67. The maximum absolute atomic E-state index is 12.0. The Morgan fingerprint density at radius 2 is 1.71 bits per heavy atom. The van der Waals surface area contributed by atoms with Crippen LogP contribution in [-0.2, 0) is 6.54 Å². The highest BCUT2D eigenvalue weighted by Gasteiger charge is 2.30. The molecule has 0 aliphatic carbocycles. The molecule has 0 fully saturated rings. The minimum Gasteiger partial charge on any atom is -0.406 e. The molecule has 2 N–H and O–H groups in total. The molecule has 2 rings (SSSR count). The van der Waals surface area contributed by atoms with E-state index in [2.05, 4.69) is 14.7 Å². The largest absolute Gasteiger partial charge is 0.573 e. The lowest BCUT2D eigenvalue weighted by Gasteiger charge is -2.09. The van der Waals surface area contributed by atoms with Crippen molar-refractivity contribution in [1.29, 1.82) is 0 Å². The van der Waals surface area contributed by atoms with Gasteiger partial charge in [0.25, 0.3) is 0 Å². The third kappa shape index (κ3) is 5.39. The van der Waals surface area contributed by atoms with E-state index in [1.54, 1.807) is 6.07 Å². The molecule has 0 spiro atoms. The van der Waals surface area contributed by atoms with E-state index < -0.39 is 6.36 Å². The van der Waals surface area contributed by atoms with E-state index in [0.29, 0.717) is 17.0 Å². The Kier molecular flexibility index (Phi) is 6.10. The minimum atomic E-state index is -4.69. The van der Waals surface area contributed by atoms with E-state index in [4.69, 9.17) is 5.73 Å². The molecule has 114 valence electrons. The number of ether oxygens (including phenoxy) is 1. The predicted octanol–water partition coefficient (Wildman–Crippen LogP) is 3.53. The van der Waals surface area contributed by atoms with Crippen molar-refractivity contribution in [1.82, 2.24) is 9.97 Å². The summed E-state index contributed by atoms with van der Waals surface area (Å²) in [6.45, 7) is 4.27. The molecule has 0 radical (unpaired) electrons. The van der Waals surface area contributed by atoms with Crippen LogP contribution in [0.25, 0.3) is 11.3 Å². The molecule has 21 heavy (non-hydrogen) atoms. The van der Waals surface area contributed by atoms with Crippen molar-refractivity contribution in [2.24, 2.45) is 5.73 Å². The van der Waals surface area contributed by atoms with Crippen molar-refractivity contribution >= 4 is 0 Å². The first-order valence-corrected chi connectivity index (χ1v) is 6.35. The minimum absolute atomic E-state index is 0.269. The number of hydrogen-bond donors (Lipinski definition) is 1. The number of halogens is 3. The Balaban J connectivity index is 0.00000106. The number of alkyl halides is 3. The molecule has 4 nitrogen and oxygen atoms in total. The third-order valence-electron chi connectivity index (χ3n) is 2.32. The van der Waals surface area contributed by atoms with Gasteiger partial charge in [0.2, 0.25) is 0 Å². The maximum atomic E-state index is 12.0. The molecule has 1 aromatic heterocycles. The molecule has 0 aliphatic heterocycles. The summed E-state index contributed by atoms with van der Waals surface area (Å²) in [5, 5.41) is 0. The van der Waals surface area contributed by atoms with Crippen LogP contribution >= 0.6 is 0 Å². The van der Waals surface area contributed by atoms with Crippen LogP contribution in [0.15, 0.2) is 36.7 Å². The van der Waals surface area contributed by atoms with Crippen LogP contribution in [-0.4, -0.2) is 16.3 Å². The van der Waals surface area contributed by atoms with E-state index in [-0.39, 0.29) is 12.3 Å². The van der Waals surface area contributed by atoms with Gasteiger partial charge in [-0.1, -0.05) is 13.8 Å². The van der Waals surface area contributed by atoms with Crippen LogP contribution in [0.1, 0.15) is 19.5 Å². The second-order valence-corrected chi connectivity index (χ2v) is 3.67. The molecule has 2 aromatic rings. The Labute approximate surface area is 120 Å². The second kappa shape index (κ2) is 7.58. The fourth-order valence-electron chi connectivity index (χ4n) is 1.49. The van der Waals surface area contributed by atoms with Crippen LogP contribution in [0, 0.1) is 0 Å². The number of nitrogens with two attached hydrogens (primary N) is 1. The lowest BCUT2D eigenvalue weighted by molar-refractivity contribution is -0.274. The normalized spacial score (nSPS) is 10.6. The van der Waals surface area contributed by atoms with E-state index in [1.807, 2.05) is 13.8 Å². The first-order chi connectivity index (χ1) is 9.98. The van der Waals surface area contributed by atoms with Gasteiger partial charge in [0.1, 0.15) is 12.1 Å². The van der Waals surface area contributed by atoms with Gasteiger partial charge in [-0.2, -0.15) is 0 Å². The number of nitrogens with zero attached hydrogens (tertiary/aromatic N) is 2. The van der Waals surface area contributed by atoms with Crippen LogP contribution in [0.2, 0.25) is 0 Å². The van der Waals surface area contributed by atoms with Gasteiger partial charge in [-0.25, -0.2) is 9.97 Å². The summed E-state index contributed by atoms with van der Waals surface area (Å²) >= 11 is 0. The molecular weight excluding hydrogens is 283 g/mol. The van der Waals surface area contributed by atoms with Crippen LogP contribution in [0.5, 0.6) is 5.75 Å². The summed E-state index contributed by atoms with van der Waals surface area (Å²) in [6.07, 6.45) is -3.33. The fraction of sp³-hybridized carbons (Fsp3) is 0.286. The first kappa shape index (κ1) is 16.9. The Bertz CT molecular complexity index is 556. The van der Waals surface area contributed by atoms with E-state index in [1.165, 1.54) is 30.6 Å². The van der Waals surface area contributed by atoms with Gasteiger partial charge in [0.05, 0.1) is 11.4 Å². The summed E-state index contributed by atoms with van der Waals surface area (Å²) in [5.41, 5.74) is 7.36. The van der Waals surface area contributed by atoms with Crippen LogP contribution in [0.4, 0.5) is 13.2 Å². The zero-order valence-electron chi connectivity index (χ0n) is 11.7. The number of hydrogen-bond acceptors (Lipinski definition) is 4. The first-order valence-electron chi connectivity index (χ1n) is 6.35. The van der Waals surface area contributed by atoms with Gasteiger partial charge >= 0.3 is 6.36 Å². The molecule has 0 atom stereocenters. The maximum Gasteiger partial charge on any atom is 0.573 e. The quantitative estimate of drug-likeness (QED) is 0.942. The third-order valence-corrected chi connectivity index (χ3v) is 2.32. The van der Waals surface area contributed by atoms with Crippen molar-refractivity contribution in [3.05, 3.63) is 42.4 Å². The van der Waals surface area contributed by atoms with Crippen molar-refractivity contribution < 1.29 is 17.9 Å². The number of rotatable bonds is 3. The zero-order valence-corrected chi connectivity index (χ0v) is 11.7. The van der Waals surface area contributed by atoms with Gasteiger partial charge in [0, 0.05) is 12.1 Å². The van der Waals surface area contributed by atoms with Crippen molar-refractivity contribution in [3.8, 4) is 17.0 Å². The highest BCUT2D eigenvalue weighted by atomic mass is 19.4. The van der Waals surface area contributed by atoms with E-state index in [9.17, 15) is 13.2 Å². The summed E-state index contributed by atoms with van der Waals surface area (Å²) in [5.74, 6) is -0.274. The summed E-state index contributed by atoms with van der Waals surface area (Å²) in [6, 6.07) is 7.12.